The maximum absolute atomic E-state index is 12.7. The first-order chi connectivity index (χ1) is 14.7. The minimum Gasteiger partial charge on any atom is -0.352 e. The molecule has 2 aromatic heterocycles. The third-order valence-electron chi connectivity index (χ3n) is 5.91. The predicted octanol–water partition coefficient (Wildman–Crippen LogP) is 2.77. The number of carbonyl (C=O) groups is 2. The van der Waals surface area contributed by atoms with Crippen LogP contribution in [0.5, 0.6) is 0 Å². The van der Waals surface area contributed by atoms with Crippen molar-refractivity contribution in [3.63, 3.8) is 0 Å². The lowest BCUT2D eigenvalue weighted by molar-refractivity contribution is 0.0922. The summed E-state index contributed by atoms with van der Waals surface area (Å²) in [7, 11) is 0. The van der Waals surface area contributed by atoms with Gasteiger partial charge in [0.15, 0.2) is 0 Å². The van der Waals surface area contributed by atoms with Crippen molar-refractivity contribution in [1.29, 1.82) is 0 Å². The molecular formula is C22H22N6O2. The molecule has 8 heteroatoms. The van der Waals surface area contributed by atoms with Crippen molar-refractivity contribution in [2.45, 2.75) is 25.3 Å². The van der Waals surface area contributed by atoms with Crippen molar-refractivity contribution in [2.75, 3.05) is 6.54 Å². The summed E-state index contributed by atoms with van der Waals surface area (Å²) >= 11 is 0. The fraction of sp³-hybridized carbons (Fsp3) is 0.273. The van der Waals surface area contributed by atoms with Crippen LogP contribution in [-0.4, -0.2) is 44.8 Å². The number of hydrogen-bond acceptors (Lipinski definition) is 4. The second kappa shape index (κ2) is 7.62. The summed E-state index contributed by atoms with van der Waals surface area (Å²) < 4.78 is 0. The normalized spacial score (nSPS) is 18.7. The zero-order valence-electron chi connectivity index (χ0n) is 16.3. The van der Waals surface area contributed by atoms with E-state index >= 15 is 0 Å². The van der Waals surface area contributed by atoms with Gasteiger partial charge in [0.2, 0.25) is 0 Å². The molecule has 0 aliphatic heterocycles. The fourth-order valence-corrected chi connectivity index (χ4v) is 4.22. The summed E-state index contributed by atoms with van der Waals surface area (Å²) in [5.41, 5.74) is 3.03. The Morgan fingerprint density at radius 1 is 0.900 bits per heavy atom. The highest BCUT2D eigenvalue weighted by Crippen LogP contribution is 2.26. The molecule has 4 N–H and O–H groups in total. The van der Waals surface area contributed by atoms with Crippen molar-refractivity contribution in [3.8, 4) is 0 Å². The summed E-state index contributed by atoms with van der Waals surface area (Å²) in [6.45, 7) is 0.536. The van der Waals surface area contributed by atoms with Crippen LogP contribution in [0.3, 0.4) is 0 Å². The van der Waals surface area contributed by atoms with E-state index in [9.17, 15) is 9.59 Å². The minimum atomic E-state index is -0.111. The third-order valence-corrected chi connectivity index (χ3v) is 5.91. The van der Waals surface area contributed by atoms with Gasteiger partial charge < -0.3 is 10.6 Å². The first-order valence-corrected chi connectivity index (χ1v) is 10.1. The number of aromatic nitrogens is 4. The smallest absolute Gasteiger partial charge is 0.251 e. The lowest BCUT2D eigenvalue weighted by Gasteiger charge is -2.21. The number of fused-ring (bicyclic) bond motifs is 2. The van der Waals surface area contributed by atoms with E-state index in [1.165, 1.54) is 0 Å². The van der Waals surface area contributed by atoms with E-state index in [2.05, 4.69) is 31.0 Å². The van der Waals surface area contributed by atoms with Gasteiger partial charge in [-0.15, -0.1) is 0 Å². The molecule has 1 fully saturated rings. The fourth-order valence-electron chi connectivity index (χ4n) is 4.22. The van der Waals surface area contributed by atoms with E-state index in [0.717, 1.165) is 41.1 Å². The SMILES string of the molecule is O=C(NCC1CCCC1NC(=O)c1ccc2[nH]ncc2c1)c1ccc2[nH]ncc2c1. The Morgan fingerprint density at radius 3 is 2.20 bits per heavy atom. The van der Waals surface area contributed by atoms with Crippen LogP contribution in [0.15, 0.2) is 48.8 Å². The highest BCUT2D eigenvalue weighted by atomic mass is 16.2. The zero-order chi connectivity index (χ0) is 20.5. The van der Waals surface area contributed by atoms with Crippen molar-refractivity contribution in [3.05, 3.63) is 59.9 Å². The van der Waals surface area contributed by atoms with Gasteiger partial charge in [-0.1, -0.05) is 6.42 Å². The molecule has 1 saturated carbocycles. The van der Waals surface area contributed by atoms with Crippen LogP contribution in [0.4, 0.5) is 0 Å². The molecule has 152 valence electrons. The molecule has 0 saturated heterocycles. The maximum atomic E-state index is 12.7. The Hall–Kier alpha value is -3.68. The largest absolute Gasteiger partial charge is 0.352 e. The molecule has 0 bridgehead atoms. The second-order valence-electron chi connectivity index (χ2n) is 7.83. The predicted molar refractivity (Wildman–Crippen MR) is 113 cm³/mol. The average molecular weight is 402 g/mol. The number of benzene rings is 2. The number of H-pyrrole nitrogens is 2. The zero-order valence-corrected chi connectivity index (χ0v) is 16.3. The van der Waals surface area contributed by atoms with Gasteiger partial charge in [0.25, 0.3) is 11.8 Å². The standard InChI is InChI=1S/C22H22N6O2/c29-21(13-4-6-19-16(8-13)11-24-27-19)23-10-15-2-1-3-18(15)26-22(30)14-5-7-20-17(9-14)12-25-28-20/h4-9,11-12,15,18H,1-3,10H2,(H,23,29)(H,24,27)(H,25,28)(H,26,30). The minimum absolute atomic E-state index is 0.0502. The Morgan fingerprint density at radius 2 is 1.53 bits per heavy atom. The van der Waals surface area contributed by atoms with E-state index < -0.39 is 0 Å². The molecule has 2 atom stereocenters. The van der Waals surface area contributed by atoms with Gasteiger partial charge >= 0.3 is 0 Å². The number of carbonyl (C=O) groups excluding carboxylic acids is 2. The molecule has 0 spiro atoms. The number of aromatic amines is 2. The van der Waals surface area contributed by atoms with Crippen LogP contribution in [0, 0.1) is 5.92 Å². The number of nitrogens with one attached hydrogen (secondary N) is 4. The number of amides is 2. The van der Waals surface area contributed by atoms with E-state index in [1.54, 1.807) is 24.5 Å². The summed E-state index contributed by atoms with van der Waals surface area (Å²) in [6, 6.07) is 11.0. The molecule has 2 aromatic carbocycles. The average Bonchev–Trinajstić information content (AvgIpc) is 3.51. The van der Waals surface area contributed by atoms with Crippen molar-refractivity contribution in [2.24, 2.45) is 5.92 Å². The molecule has 2 amide bonds. The van der Waals surface area contributed by atoms with Gasteiger partial charge in [0.1, 0.15) is 0 Å². The van der Waals surface area contributed by atoms with E-state index in [0.29, 0.717) is 17.7 Å². The molecule has 2 heterocycles. The van der Waals surface area contributed by atoms with Crippen LogP contribution in [0.1, 0.15) is 40.0 Å². The van der Waals surface area contributed by atoms with Gasteiger partial charge in [-0.05, 0) is 55.2 Å². The number of hydrogen-bond donors (Lipinski definition) is 4. The lowest BCUT2D eigenvalue weighted by atomic mass is 10.0. The van der Waals surface area contributed by atoms with Crippen LogP contribution in [-0.2, 0) is 0 Å². The van der Waals surface area contributed by atoms with Crippen molar-refractivity contribution >= 4 is 33.6 Å². The van der Waals surface area contributed by atoms with Gasteiger partial charge in [-0.3, -0.25) is 19.8 Å². The highest BCUT2D eigenvalue weighted by Gasteiger charge is 2.29. The molecular weight excluding hydrogens is 380 g/mol. The summed E-state index contributed by atoms with van der Waals surface area (Å²) in [5, 5.41) is 21.7. The lowest BCUT2D eigenvalue weighted by Crippen LogP contribution is -2.42. The quantitative estimate of drug-likeness (QED) is 0.411. The summed E-state index contributed by atoms with van der Waals surface area (Å²) in [6.07, 6.45) is 6.34. The number of nitrogens with zero attached hydrogens (tertiary/aromatic N) is 2. The van der Waals surface area contributed by atoms with Crippen molar-refractivity contribution < 1.29 is 9.59 Å². The molecule has 4 aromatic rings. The highest BCUT2D eigenvalue weighted by molar-refractivity contribution is 5.98. The molecule has 8 nitrogen and oxygen atoms in total. The molecule has 30 heavy (non-hydrogen) atoms. The van der Waals surface area contributed by atoms with Crippen LogP contribution >= 0.6 is 0 Å². The van der Waals surface area contributed by atoms with Gasteiger partial charge in [0.05, 0.1) is 23.4 Å². The Bertz CT molecular complexity index is 1230. The molecule has 2 unspecified atom stereocenters. The van der Waals surface area contributed by atoms with E-state index in [4.69, 9.17) is 0 Å². The molecule has 5 rings (SSSR count). The summed E-state index contributed by atoms with van der Waals surface area (Å²) in [5.74, 6) is 0.0143. The Labute approximate surface area is 172 Å². The summed E-state index contributed by atoms with van der Waals surface area (Å²) in [4.78, 5) is 25.3. The number of rotatable bonds is 5. The van der Waals surface area contributed by atoms with Gasteiger partial charge in [-0.25, -0.2) is 0 Å². The van der Waals surface area contributed by atoms with Crippen LogP contribution in [0.25, 0.3) is 21.8 Å². The third kappa shape index (κ3) is 3.52. The van der Waals surface area contributed by atoms with Crippen LogP contribution in [0.2, 0.25) is 0 Å². The maximum Gasteiger partial charge on any atom is 0.251 e. The van der Waals surface area contributed by atoms with E-state index in [-0.39, 0.29) is 23.8 Å². The second-order valence-corrected chi connectivity index (χ2v) is 7.83. The first-order valence-electron chi connectivity index (χ1n) is 10.1. The van der Waals surface area contributed by atoms with E-state index in [1.807, 2.05) is 24.3 Å². The first kappa shape index (κ1) is 18.4. The Balaban J connectivity index is 1.21. The van der Waals surface area contributed by atoms with Crippen molar-refractivity contribution in [1.82, 2.24) is 31.0 Å². The molecule has 1 aliphatic carbocycles. The molecule has 0 radical (unpaired) electrons. The monoisotopic (exact) mass is 402 g/mol. The van der Waals surface area contributed by atoms with Crippen LogP contribution < -0.4 is 10.6 Å². The topological polar surface area (TPSA) is 116 Å². The van der Waals surface area contributed by atoms with Gasteiger partial charge in [-0.2, -0.15) is 10.2 Å². The Kier molecular flexibility index (Phi) is 4.66. The van der Waals surface area contributed by atoms with Gasteiger partial charge in [0, 0.05) is 34.5 Å². The molecule has 1 aliphatic rings.